The average molecular weight is 400 g/mol. The molecule has 1 aromatic carbocycles. The van der Waals surface area contributed by atoms with E-state index >= 15 is 0 Å². The van der Waals surface area contributed by atoms with Crippen LogP contribution in [0.5, 0.6) is 5.75 Å². The Bertz CT molecular complexity index is 648. The van der Waals surface area contributed by atoms with Gasteiger partial charge in [0.2, 0.25) is 0 Å². The van der Waals surface area contributed by atoms with Crippen molar-refractivity contribution in [1.29, 1.82) is 0 Å². The largest absolute Gasteiger partial charge is 0.497 e. The summed E-state index contributed by atoms with van der Waals surface area (Å²) in [6.07, 6.45) is 0. The second-order valence-electron chi connectivity index (χ2n) is 4.80. The molecule has 0 aliphatic rings. The van der Waals surface area contributed by atoms with Crippen molar-refractivity contribution in [2.24, 2.45) is 0 Å². The van der Waals surface area contributed by atoms with Gasteiger partial charge in [0.25, 0.3) is 0 Å². The molecule has 0 bridgehead atoms. The van der Waals surface area contributed by atoms with Gasteiger partial charge in [-0.15, -0.1) is 0 Å². The first-order chi connectivity index (χ1) is 9.99. The molecule has 21 heavy (non-hydrogen) atoms. The van der Waals surface area contributed by atoms with Crippen LogP contribution in [0.25, 0.3) is 5.69 Å². The van der Waals surface area contributed by atoms with E-state index < -0.39 is 5.97 Å². The molecule has 0 amide bonds. The highest BCUT2D eigenvalue weighted by atomic mass is 127. The third kappa shape index (κ3) is 3.04. The maximum absolute atomic E-state index is 11.8. The molecule has 0 fully saturated rings. The molecule has 0 spiro atoms. The van der Waals surface area contributed by atoms with Gasteiger partial charge in [-0.2, -0.15) is 5.10 Å². The van der Waals surface area contributed by atoms with Gasteiger partial charge in [-0.3, -0.25) is 0 Å². The third-order valence-corrected chi connectivity index (χ3v) is 4.17. The van der Waals surface area contributed by atoms with Crippen molar-refractivity contribution in [3.05, 3.63) is 39.2 Å². The molecule has 2 aromatic rings. The van der Waals surface area contributed by atoms with Gasteiger partial charge in [0, 0.05) is 0 Å². The van der Waals surface area contributed by atoms with Crippen LogP contribution >= 0.6 is 22.6 Å². The molecule has 5 nitrogen and oxygen atoms in total. The van der Waals surface area contributed by atoms with Crippen LogP contribution in [0, 0.1) is 3.57 Å². The summed E-state index contributed by atoms with van der Waals surface area (Å²) >= 11 is 2.15. The van der Waals surface area contributed by atoms with Gasteiger partial charge >= 0.3 is 5.97 Å². The standard InChI is InChI=1S/C15H17IN2O3/c1-9(2)14-12(16)13(15(19)21-4)17-18(14)10-5-7-11(20-3)8-6-10/h5-9H,1-4H3. The zero-order chi connectivity index (χ0) is 15.6. The predicted octanol–water partition coefficient (Wildman–Crippen LogP) is 3.40. The summed E-state index contributed by atoms with van der Waals surface area (Å²) in [6, 6.07) is 7.56. The van der Waals surface area contributed by atoms with Crippen LogP contribution in [0.2, 0.25) is 0 Å². The molecule has 0 radical (unpaired) electrons. The Kier molecular flexibility index (Phi) is 4.87. The number of methoxy groups -OCH3 is 2. The summed E-state index contributed by atoms with van der Waals surface area (Å²) in [5.74, 6) is 0.582. The predicted molar refractivity (Wildman–Crippen MR) is 88.3 cm³/mol. The first kappa shape index (κ1) is 15.8. The maximum atomic E-state index is 11.8. The molecule has 0 aliphatic heterocycles. The zero-order valence-electron chi connectivity index (χ0n) is 12.4. The molecule has 0 N–H and O–H groups in total. The van der Waals surface area contributed by atoms with Crippen LogP contribution < -0.4 is 4.74 Å². The molecule has 0 unspecified atom stereocenters. The molecule has 0 saturated heterocycles. The van der Waals surface area contributed by atoms with Crippen molar-refractivity contribution in [1.82, 2.24) is 9.78 Å². The minimum absolute atomic E-state index is 0.227. The molecule has 0 atom stereocenters. The fourth-order valence-corrected chi connectivity index (χ4v) is 3.24. The molecule has 2 rings (SSSR count). The second kappa shape index (κ2) is 6.46. The van der Waals surface area contributed by atoms with Crippen LogP contribution in [-0.2, 0) is 4.74 Å². The number of aromatic nitrogens is 2. The Morgan fingerprint density at radius 3 is 2.33 bits per heavy atom. The molecule has 6 heteroatoms. The van der Waals surface area contributed by atoms with Crippen LogP contribution in [0.1, 0.15) is 35.9 Å². The Morgan fingerprint density at radius 2 is 1.86 bits per heavy atom. The smallest absolute Gasteiger partial charge is 0.359 e. The van der Waals surface area contributed by atoms with Crippen LogP contribution in [-0.4, -0.2) is 30.0 Å². The summed E-state index contributed by atoms with van der Waals surface area (Å²) in [5, 5.41) is 4.42. The van der Waals surface area contributed by atoms with Crippen LogP contribution in [0.3, 0.4) is 0 Å². The molecular formula is C15H17IN2O3. The monoisotopic (exact) mass is 400 g/mol. The normalized spacial score (nSPS) is 10.8. The number of esters is 1. The lowest BCUT2D eigenvalue weighted by molar-refractivity contribution is 0.0592. The van der Waals surface area contributed by atoms with E-state index in [1.807, 2.05) is 24.3 Å². The third-order valence-electron chi connectivity index (χ3n) is 3.10. The lowest BCUT2D eigenvalue weighted by Crippen LogP contribution is -2.05. The fourth-order valence-electron chi connectivity index (χ4n) is 2.06. The summed E-state index contributed by atoms with van der Waals surface area (Å²) in [4.78, 5) is 11.8. The van der Waals surface area contributed by atoms with Crippen molar-refractivity contribution in [3.63, 3.8) is 0 Å². The van der Waals surface area contributed by atoms with Gasteiger partial charge < -0.3 is 9.47 Å². The number of nitrogens with zero attached hydrogens (tertiary/aromatic N) is 2. The van der Waals surface area contributed by atoms with Gasteiger partial charge in [-0.1, -0.05) is 13.8 Å². The van der Waals surface area contributed by atoms with E-state index in [1.54, 1.807) is 11.8 Å². The zero-order valence-corrected chi connectivity index (χ0v) is 14.5. The maximum Gasteiger partial charge on any atom is 0.359 e. The number of carbonyl (C=O) groups excluding carboxylic acids is 1. The van der Waals surface area contributed by atoms with Crippen molar-refractivity contribution in [2.45, 2.75) is 19.8 Å². The van der Waals surface area contributed by atoms with Crippen LogP contribution in [0.15, 0.2) is 24.3 Å². The van der Waals surface area contributed by atoms with E-state index in [1.165, 1.54) is 7.11 Å². The highest BCUT2D eigenvalue weighted by molar-refractivity contribution is 14.1. The number of carbonyl (C=O) groups is 1. The van der Waals surface area contributed by atoms with Gasteiger partial charge in [-0.25, -0.2) is 9.48 Å². The second-order valence-corrected chi connectivity index (χ2v) is 5.88. The Morgan fingerprint density at radius 1 is 1.24 bits per heavy atom. The van der Waals surface area contributed by atoms with Gasteiger partial charge in [0.1, 0.15) is 5.75 Å². The summed E-state index contributed by atoms with van der Waals surface area (Å²) in [7, 11) is 2.99. The highest BCUT2D eigenvalue weighted by Crippen LogP contribution is 2.28. The van der Waals surface area contributed by atoms with Gasteiger partial charge in [0.05, 0.1) is 29.2 Å². The van der Waals surface area contributed by atoms with E-state index in [0.717, 1.165) is 20.7 Å². The number of halogens is 1. The Balaban J connectivity index is 2.58. The van der Waals surface area contributed by atoms with E-state index in [2.05, 4.69) is 41.5 Å². The Hall–Kier alpha value is -1.57. The molecular weight excluding hydrogens is 383 g/mol. The number of hydrogen-bond acceptors (Lipinski definition) is 4. The molecule has 1 aromatic heterocycles. The minimum atomic E-state index is -0.423. The number of ether oxygens (including phenoxy) is 2. The summed E-state index contributed by atoms with van der Waals surface area (Å²) in [5.41, 5.74) is 2.21. The first-order valence-electron chi connectivity index (χ1n) is 6.50. The number of rotatable bonds is 4. The van der Waals surface area contributed by atoms with E-state index in [0.29, 0.717) is 5.69 Å². The van der Waals surface area contributed by atoms with Crippen molar-refractivity contribution < 1.29 is 14.3 Å². The van der Waals surface area contributed by atoms with E-state index in [4.69, 9.17) is 9.47 Å². The number of hydrogen-bond donors (Lipinski definition) is 0. The fraction of sp³-hybridized carbons (Fsp3) is 0.333. The lowest BCUT2D eigenvalue weighted by atomic mass is 10.1. The molecule has 1 heterocycles. The quantitative estimate of drug-likeness (QED) is 0.583. The number of benzene rings is 1. The minimum Gasteiger partial charge on any atom is -0.497 e. The lowest BCUT2D eigenvalue weighted by Gasteiger charge is -2.11. The van der Waals surface area contributed by atoms with Crippen molar-refractivity contribution in [3.8, 4) is 11.4 Å². The SMILES string of the molecule is COC(=O)c1nn(-c2ccc(OC)cc2)c(C(C)C)c1I. The van der Waals surface area contributed by atoms with E-state index in [-0.39, 0.29) is 5.92 Å². The Labute approximate surface area is 137 Å². The summed E-state index contributed by atoms with van der Waals surface area (Å²) in [6.45, 7) is 4.14. The summed E-state index contributed by atoms with van der Waals surface area (Å²) < 4.78 is 12.6. The molecule has 0 saturated carbocycles. The first-order valence-corrected chi connectivity index (χ1v) is 7.58. The average Bonchev–Trinajstić information content (AvgIpc) is 2.84. The van der Waals surface area contributed by atoms with Crippen molar-refractivity contribution >= 4 is 28.6 Å². The topological polar surface area (TPSA) is 53.3 Å². The van der Waals surface area contributed by atoms with Crippen molar-refractivity contribution in [2.75, 3.05) is 14.2 Å². The highest BCUT2D eigenvalue weighted by Gasteiger charge is 2.24. The molecule has 0 aliphatic carbocycles. The molecule has 112 valence electrons. The van der Waals surface area contributed by atoms with Crippen LogP contribution in [0.4, 0.5) is 0 Å². The van der Waals surface area contributed by atoms with Gasteiger partial charge in [0.15, 0.2) is 5.69 Å². The van der Waals surface area contributed by atoms with E-state index in [9.17, 15) is 4.79 Å². The van der Waals surface area contributed by atoms with Gasteiger partial charge in [-0.05, 0) is 52.8 Å².